The molecule has 2 N–H and O–H groups in total. The van der Waals surface area contributed by atoms with Gasteiger partial charge in [0.1, 0.15) is 5.82 Å². The van der Waals surface area contributed by atoms with Gasteiger partial charge in [-0.2, -0.15) is 0 Å². The first kappa shape index (κ1) is 15.3. The van der Waals surface area contributed by atoms with Crippen LogP contribution in [-0.4, -0.2) is 44.2 Å². The maximum absolute atomic E-state index is 13.9. The van der Waals surface area contributed by atoms with Crippen molar-refractivity contribution in [2.75, 3.05) is 44.2 Å². The highest BCUT2D eigenvalue weighted by atomic mass is 19.1. The number of halogens is 1. The fourth-order valence-electron chi connectivity index (χ4n) is 2.83. The smallest absolute Gasteiger partial charge is 0.146 e. The zero-order chi connectivity index (χ0) is 14.2. The lowest BCUT2D eigenvalue weighted by molar-refractivity contribution is 0.334. The molecule has 1 saturated heterocycles. The van der Waals surface area contributed by atoms with Crippen LogP contribution >= 0.6 is 0 Å². The van der Waals surface area contributed by atoms with Crippen LogP contribution in [0.2, 0.25) is 0 Å². The predicted molar refractivity (Wildman–Crippen MR) is 82.6 cm³/mol. The summed E-state index contributed by atoms with van der Waals surface area (Å²) in [5, 5.41) is 0. The summed E-state index contributed by atoms with van der Waals surface area (Å²) in [6.45, 7) is 5.95. The highest BCUT2D eigenvalue weighted by Gasteiger charge is 2.13. The summed E-state index contributed by atoms with van der Waals surface area (Å²) in [5.74, 6) is -0.134. The molecule has 0 aliphatic carbocycles. The van der Waals surface area contributed by atoms with Crippen LogP contribution in [0.5, 0.6) is 0 Å². The molecule has 20 heavy (non-hydrogen) atoms. The molecule has 1 aliphatic rings. The van der Waals surface area contributed by atoms with Gasteiger partial charge in [0.15, 0.2) is 0 Å². The first-order valence-corrected chi connectivity index (χ1v) is 7.73. The molecule has 4 heteroatoms. The van der Waals surface area contributed by atoms with E-state index >= 15 is 0 Å². The van der Waals surface area contributed by atoms with Crippen molar-refractivity contribution in [1.82, 2.24) is 4.90 Å². The van der Waals surface area contributed by atoms with Crippen LogP contribution < -0.4 is 10.6 Å². The number of rotatable bonds is 8. The summed E-state index contributed by atoms with van der Waals surface area (Å²) in [5.41, 5.74) is 6.30. The minimum atomic E-state index is -0.134. The fraction of sp³-hybridized carbons (Fsp3) is 0.625. The summed E-state index contributed by atoms with van der Waals surface area (Å²) in [6, 6.07) is 7.03. The van der Waals surface area contributed by atoms with E-state index in [4.69, 9.17) is 5.73 Å². The Labute approximate surface area is 121 Å². The Bertz CT molecular complexity index is 391. The van der Waals surface area contributed by atoms with Gasteiger partial charge in [-0.05, 0) is 64.0 Å². The number of hydrogen-bond acceptors (Lipinski definition) is 3. The molecule has 3 nitrogen and oxygen atoms in total. The Morgan fingerprint density at radius 3 is 2.50 bits per heavy atom. The lowest BCUT2D eigenvalue weighted by atomic mass is 10.2. The second-order valence-corrected chi connectivity index (χ2v) is 5.48. The number of hydrogen-bond donors (Lipinski definition) is 1. The molecule has 1 aromatic rings. The van der Waals surface area contributed by atoms with Crippen molar-refractivity contribution in [3.05, 3.63) is 30.1 Å². The van der Waals surface area contributed by atoms with E-state index < -0.39 is 0 Å². The molecule has 0 spiro atoms. The monoisotopic (exact) mass is 279 g/mol. The van der Waals surface area contributed by atoms with Crippen LogP contribution in [0.25, 0.3) is 0 Å². The summed E-state index contributed by atoms with van der Waals surface area (Å²) in [7, 11) is 0. The second kappa shape index (κ2) is 8.22. The molecule has 0 saturated carbocycles. The van der Waals surface area contributed by atoms with Gasteiger partial charge in [-0.3, -0.25) is 0 Å². The number of nitrogens with two attached hydrogens (primary N) is 1. The van der Waals surface area contributed by atoms with Crippen molar-refractivity contribution >= 4 is 5.69 Å². The van der Waals surface area contributed by atoms with Gasteiger partial charge in [-0.1, -0.05) is 12.1 Å². The van der Waals surface area contributed by atoms with E-state index in [1.165, 1.54) is 32.0 Å². The van der Waals surface area contributed by atoms with Gasteiger partial charge in [-0.15, -0.1) is 0 Å². The minimum Gasteiger partial charge on any atom is -0.369 e. The summed E-state index contributed by atoms with van der Waals surface area (Å²) >= 11 is 0. The first-order chi connectivity index (χ1) is 9.81. The fourth-order valence-corrected chi connectivity index (χ4v) is 2.83. The average Bonchev–Trinajstić information content (AvgIpc) is 2.97. The van der Waals surface area contributed by atoms with Crippen LogP contribution in [0.15, 0.2) is 24.3 Å². The van der Waals surface area contributed by atoms with Crippen LogP contribution in [0, 0.1) is 5.82 Å². The molecule has 0 aromatic heterocycles. The Morgan fingerprint density at radius 2 is 1.80 bits per heavy atom. The summed E-state index contributed by atoms with van der Waals surface area (Å²) in [4.78, 5) is 4.64. The van der Waals surface area contributed by atoms with Crippen LogP contribution in [-0.2, 0) is 0 Å². The van der Waals surface area contributed by atoms with Gasteiger partial charge in [0.2, 0.25) is 0 Å². The van der Waals surface area contributed by atoms with E-state index in [0.29, 0.717) is 12.2 Å². The third-order valence-electron chi connectivity index (χ3n) is 3.93. The van der Waals surface area contributed by atoms with E-state index in [-0.39, 0.29) is 5.82 Å². The molecule has 1 fully saturated rings. The maximum atomic E-state index is 13.9. The molecule has 1 aliphatic heterocycles. The lowest BCUT2D eigenvalue weighted by Gasteiger charge is -2.26. The molecule has 1 heterocycles. The molecular formula is C16H26FN3. The molecule has 2 rings (SSSR count). The largest absolute Gasteiger partial charge is 0.369 e. The van der Waals surface area contributed by atoms with Crippen molar-refractivity contribution in [2.24, 2.45) is 5.73 Å². The van der Waals surface area contributed by atoms with Gasteiger partial charge in [0, 0.05) is 13.1 Å². The van der Waals surface area contributed by atoms with Crippen molar-refractivity contribution in [3.63, 3.8) is 0 Å². The van der Waals surface area contributed by atoms with E-state index in [1.807, 2.05) is 12.1 Å². The summed E-state index contributed by atoms with van der Waals surface area (Å²) < 4.78 is 13.9. The number of likely N-dealkylation sites (tertiary alicyclic amines) is 1. The molecule has 0 amide bonds. The van der Waals surface area contributed by atoms with Crippen molar-refractivity contribution < 1.29 is 4.39 Å². The lowest BCUT2D eigenvalue weighted by Crippen LogP contribution is -2.31. The normalized spacial score (nSPS) is 15.7. The maximum Gasteiger partial charge on any atom is 0.146 e. The van der Waals surface area contributed by atoms with E-state index in [9.17, 15) is 4.39 Å². The van der Waals surface area contributed by atoms with Crippen molar-refractivity contribution in [2.45, 2.75) is 25.7 Å². The zero-order valence-corrected chi connectivity index (χ0v) is 12.2. The van der Waals surface area contributed by atoms with Crippen molar-refractivity contribution in [3.8, 4) is 0 Å². The molecule has 0 radical (unpaired) electrons. The molecular weight excluding hydrogens is 253 g/mol. The highest BCUT2D eigenvalue weighted by molar-refractivity contribution is 5.47. The minimum absolute atomic E-state index is 0.134. The number of para-hydroxylation sites is 1. The van der Waals surface area contributed by atoms with Crippen LogP contribution in [0.1, 0.15) is 25.7 Å². The highest BCUT2D eigenvalue weighted by Crippen LogP contribution is 2.19. The van der Waals surface area contributed by atoms with Crippen LogP contribution in [0.4, 0.5) is 10.1 Å². The Hall–Kier alpha value is -1.13. The zero-order valence-electron chi connectivity index (χ0n) is 12.2. The van der Waals surface area contributed by atoms with Crippen LogP contribution in [0.3, 0.4) is 0 Å². The molecule has 1 aromatic carbocycles. The van der Waals surface area contributed by atoms with Gasteiger partial charge >= 0.3 is 0 Å². The number of anilines is 1. The average molecular weight is 279 g/mol. The van der Waals surface area contributed by atoms with Gasteiger partial charge < -0.3 is 15.5 Å². The topological polar surface area (TPSA) is 32.5 Å². The third kappa shape index (κ3) is 4.46. The number of benzene rings is 1. The molecule has 112 valence electrons. The Balaban J connectivity index is 1.87. The quantitative estimate of drug-likeness (QED) is 0.793. The standard InChI is InChI=1S/C16H26FN3/c17-15-7-1-2-8-16(15)20(13-5-9-18)14-6-12-19-10-3-4-11-19/h1-2,7-8H,3-6,9-14,18H2. The first-order valence-electron chi connectivity index (χ1n) is 7.73. The summed E-state index contributed by atoms with van der Waals surface area (Å²) in [6.07, 6.45) is 4.63. The SMILES string of the molecule is NCCCN(CCCN1CCCC1)c1ccccc1F. The molecule has 0 atom stereocenters. The van der Waals surface area contributed by atoms with E-state index in [2.05, 4.69) is 9.80 Å². The van der Waals surface area contributed by atoms with E-state index in [1.54, 1.807) is 6.07 Å². The number of nitrogens with zero attached hydrogens (tertiary/aromatic N) is 2. The molecule has 0 unspecified atom stereocenters. The van der Waals surface area contributed by atoms with Gasteiger partial charge in [-0.25, -0.2) is 4.39 Å². The molecule has 0 bridgehead atoms. The van der Waals surface area contributed by atoms with Gasteiger partial charge in [0.25, 0.3) is 0 Å². The van der Waals surface area contributed by atoms with E-state index in [0.717, 1.165) is 32.5 Å². The predicted octanol–water partition coefficient (Wildman–Crippen LogP) is 2.47. The second-order valence-electron chi connectivity index (χ2n) is 5.48. The van der Waals surface area contributed by atoms with Gasteiger partial charge in [0.05, 0.1) is 5.69 Å². The van der Waals surface area contributed by atoms with Crippen molar-refractivity contribution in [1.29, 1.82) is 0 Å². The Kier molecular flexibility index (Phi) is 6.27. The third-order valence-corrected chi connectivity index (χ3v) is 3.93. The Morgan fingerprint density at radius 1 is 1.10 bits per heavy atom.